The second-order valence-electron chi connectivity index (χ2n) is 10.8. The molecular formula is C28H44N4O4. The van der Waals surface area contributed by atoms with Gasteiger partial charge in [0.1, 0.15) is 11.9 Å². The van der Waals surface area contributed by atoms with Gasteiger partial charge in [0.25, 0.3) is 0 Å². The van der Waals surface area contributed by atoms with E-state index in [4.69, 9.17) is 9.72 Å². The van der Waals surface area contributed by atoms with Gasteiger partial charge in [-0.05, 0) is 81.9 Å². The Morgan fingerprint density at radius 2 is 1.94 bits per heavy atom. The molecule has 1 aromatic heterocycles. The molecule has 2 fully saturated rings. The summed E-state index contributed by atoms with van der Waals surface area (Å²) in [6.07, 6.45) is 14.6. The first-order valence-corrected chi connectivity index (χ1v) is 14.2. The van der Waals surface area contributed by atoms with Crippen LogP contribution in [-0.4, -0.2) is 65.4 Å². The Morgan fingerprint density at radius 1 is 1.11 bits per heavy atom. The number of rotatable bonds is 14. The smallest absolute Gasteiger partial charge is 0.407 e. The molecule has 8 heteroatoms. The van der Waals surface area contributed by atoms with E-state index in [2.05, 4.69) is 27.7 Å². The van der Waals surface area contributed by atoms with Gasteiger partial charge in [0.2, 0.25) is 0 Å². The van der Waals surface area contributed by atoms with E-state index in [1.807, 2.05) is 0 Å². The quantitative estimate of drug-likeness (QED) is 0.316. The Morgan fingerprint density at radius 3 is 2.72 bits per heavy atom. The summed E-state index contributed by atoms with van der Waals surface area (Å²) in [5.41, 5.74) is 2.46. The molecule has 200 valence electrons. The lowest BCUT2D eigenvalue weighted by Gasteiger charge is -2.24. The van der Waals surface area contributed by atoms with Crippen LogP contribution < -0.4 is 10.6 Å². The molecule has 0 bridgehead atoms. The number of nitrogens with zero attached hydrogens (tertiary/aromatic N) is 2. The van der Waals surface area contributed by atoms with Crippen molar-refractivity contribution in [3.05, 3.63) is 23.4 Å². The van der Waals surface area contributed by atoms with Crippen LogP contribution in [0.15, 0.2) is 12.1 Å². The number of aryl methyl sites for hydroxylation is 2. The van der Waals surface area contributed by atoms with E-state index in [-0.39, 0.29) is 0 Å². The van der Waals surface area contributed by atoms with Gasteiger partial charge in [-0.25, -0.2) is 14.6 Å². The Bertz CT molecular complexity index is 854. The lowest BCUT2D eigenvalue weighted by molar-refractivity contribution is -0.139. The maximum Gasteiger partial charge on any atom is 0.407 e. The van der Waals surface area contributed by atoms with Crippen molar-refractivity contribution in [2.45, 2.75) is 102 Å². The number of pyridine rings is 1. The Hall–Kier alpha value is -2.35. The minimum Gasteiger partial charge on any atom is -0.480 e. The minimum absolute atomic E-state index is 0.367. The van der Waals surface area contributed by atoms with E-state index in [0.29, 0.717) is 31.5 Å². The fraction of sp³-hybridized carbons (Fsp3) is 0.750. The number of fused-ring (bicyclic) bond motifs is 1. The molecule has 2 saturated carbocycles. The summed E-state index contributed by atoms with van der Waals surface area (Å²) < 4.78 is 5.31. The van der Waals surface area contributed by atoms with E-state index in [1.54, 1.807) is 0 Å². The minimum atomic E-state index is -0.998. The summed E-state index contributed by atoms with van der Waals surface area (Å²) in [4.78, 5) is 31.2. The Labute approximate surface area is 215 Å². The van der Waals surface area contributed by atoms with Crippen molar-refractivity contribution in [2.24, 2.45) is 5.92 Å². The molecule has 0 radical (unpaired) electrons. The molecule has 36 heavy (non-hydrogen) atoms. The molecule has 4 rings (SSSR count). The van der Waals surface area contributed by atoms with Gasteiger partial charge in [-0.2, -0.15) is 0 Å². The predicted octanol–water partition coefficient (Wildman–Crippen LogP) is 4.77. The summed E-state index contributed by atoms with van der Waals surface area (Å²) in [6, 6.07) is 4.00. The van der Waals surface area contributed by atoms with Crippen LogP contribution in [0.4, 0.5) is 10.6 Å². The Balaban J connectivity index is 1.14. The average molecular weight is 501 g/mol. The van der Waals surface area contributed by atoms with Gasteiger partial charge >= 0.3 is 12.1 Å². The fourth-order valence-corrected chi connectivity index (χ4v) is 5.58. The van der Waals surface area contributed by atoms with Crippen LogP contribution >= 0.6 is 0 Å². The third-order valence-electron chi connectivity index (χ3n) is 7.92. The first-order chi connectivity index (χ1) is 17.6. The zero-order valence-electron chi connectivity index (χ0n) is 21.7. The molecule has 0 aromatic carbocycles. The molecule has 8 nitrogen and oxygen atoms in total. The molecule has 3 N–H and O–H groups in total. The number of amides is 1. The number of carbonyl (C=O) groups is 2. The van der Waals surface area contributed by atoms with Gasteiger partial charge in [0, 0.05) is 24.8 Å². The summed E-state index contributed by atoms with van der Waals surface area (Å²) in [6.45, 7) is 2.99. The topological polar surface area (TPSA) is 104 Å². The molecule has 1 aliphatic heterocycles. The second kappa shape index (κ2) is 13.8. The van der Waals surface area contributed by atoms with Crippen molar-refractivity contribution in [3.8, 4) is 0 Å². The standard InChI is InChI=1S/C28H44N4O4/c33-27(34)25(31-28(35)36-20-16-21-7-2-1-3-8-21)15-19-32(24-13-14-24)18-5-4-10-23-12-11-22-9-6-17-29-26(22)30-23/h11-12,21,24-25H,1-10,13-20H2,(H,29,30)(H,31,35)(H,33,34)/t25-/m0/s1. The normalized spacial score (nSPS) is 18.8. The molecule has 2 heterocycles. The third-order valence-corrected chi connectivity index (χ3v) is 7.92. The highest BCUT2D eigenvalue weighted by molar-refractivity contribution is 5.79. The Kier molecular flexibility index (Phi) is 10.3. The number of nitrogens with one attached hydrogen (secondary N) is 2. The van der Waals surface area contributed by atoms with Crippen LogP contribution in [0.25, 0.3) is 0 Å². The third kappa shape index (κ3) is 8.64. The highest BCUT2D eigenvalue weighted by Crippen LogP contribution is 2.28. The maximum absolute atomic E-state index is 12.2. The number of carbonyl (C=O) groups excluding carboxylic acids is 1. The monoisotopic (exact) mass is 500 g/mol. The number of anilines is 1. The van der Waals surface area contributed by atoms with Gasteiger partial charge in [-0.15, -0.1) is 0 Å². The number of aromatic nitrogens is 1. The van der Waals surface area contributed by atoms with E-state index < -0.39 is 18.1 Å². The molecule has 3 aliphatic rings. The van der Waals surface area contributed by atoms with Gasteiger partial charge in [0.15, 0.2) is 0 Å². The first-order valence-electron chi connectivity index (χ1n) is 14.2. The fourth-order valence-electron chi connectivity index (χ4n) is 5.58. The van der Waals surface area contributed by atoms with Gasteiger partial charge < -0.3 is 25.4 Å². The molecule has 0 unspecified atom stereocenters. The SMILES string of the molecule is O=C(N[C@@H](CCN(CCCCc1ccc2c(n1)NCCC2)C1CC1)C(=O)O)OCCC1CCCCC1. The largest absolute Gasteiger partial charge is 0.480 e. The van der Waals surface area contributed by atoms with Gasteiger partial charge in [0.05, 0.1) is 6.61 Å². The lowest BCUT2D eigenvalue weighted by Crippen LogP contribution is -2.44. The van der Waals surface area contributed by atoms with E-state index in [0.717, 1.165) is 56.7 Å². The number of aliphatic carboxylic acids is 1. The molecule has 2 aliphatic carbocycles. The molecular weight excluding hydrogens is 456 g/mol. The number of carboxylic acids is 1. The number of hydrogen-bond donors (Lipinski definition) is 3. The van der Waals surface area contributed by atoms with Crippen LogP contribution in [0.3, 0.4) is 0 Å². The van der Waals surface area contributed by atoms with Crippen molar-refractivity contribution in [1.29, 1.82) is 0 Å². The maximum atomic E-state index is 12.2. The van der Waals surface area contributed by atoms with Gasteiger partial charge in [-0.3, -0.25) is 0 Å². The summed E-state index contributed by atoms with van der Waals surface area (Å²) in [5.74, 6) is 0.689. The van der Waals surface area contributed by atoms with Crippen molar-refractivity contribution in [2.75, 3.05) is 31.6 Å². The zero-order chi connectivity index (χ0) is 25.2. The molecule has 0 saturated heterocycles. The van der Waals surface area contributed by atoms with Crippen molar-refractivity contribution >= 4 is 17.9 Å². The number of carboxylic acid groups (broad SMARTS) is 1. The van der Waals surface area contributed by atoms with Crippen molar-refractivity contribution in [1.82, 2.24) is 15.2 Å². The van der Waals surface area contributed by atoms with Crippen LogP contribution in [0.2, 0.25) is 0 Å². The predicted molar refractivity (Wildman–Crippen MR) is 140 cm³/mol. The first kappa shape index (κ1) is 26.7. The molecule has 0 spiro atoms. The van der Waals surface area contributed by atoms with E-state index >= 15 is 0 Å². The van der Waals surface area contributed by atoms with Gasteiger partial charge in [-0.1, -0.05) is 38.2 Å². The molecule has 1 atom stereocenters. The molecule has 1 aromatic rings. The van der Waals surface area contributed by atoms with Crippen LogP contribution in [0.5, 0.6) is 0 Å². The highest BCUT2D eigenvalue weighted by Gasteiger charge is 2.30. The average Bonchev–Trinajstić information content (AvgIpc) is 3.73. The van der Waals surface area contributed by atoms with Crippen LogP contribution in [-0.2, 0) is 22.4 Å². The molecule has 1 amide bonds. The van der Waals surface area contributed by atoms with E-state index in [9.17, 15) is 14.7 Å². The zero-order valence-corrected chi connectivity index (χ0v) is 21.7. The highest BCUT2D eigenvalue weighted by atomic mass is 16.5. The van der Waals surface area contributed by atoms with Crippen LogP contribution in [0.1, 0.15) is 88.3 Å². The summed E-state index contributed by atoms with van der Waals surface area (Å²) in [7, 11) is 0. The number of hydrogen-bond acceptors (Lipinski definition) is 6. The lowest BCUT2D eigenvalue weighted by atomic mass is 9.87. The summed E-state index contributed by atoms with van der Waals surface area (Å²) in [5, 5.41) is 15.6. The van der Waals surface area contributed by atoms with Crippen molar-refractivity contribution in [3.63, 3.8) is 0 Å². The van der Waals surface area contributed by atoms with E-state index in [1.165, 1.54) is 56.9 Å². The summed E-state index contributed by atoms with van der Waals surface area (Å²) >= 11 is 0. The number of alkyl carbamates (subject to hydrolysis) is 1. The number of unbranched alkanes of at least 4 members (excludes halogenated alkanes) is 1. The second-order valence-corrected chi connectivity index (χ2v) is 10.8. The van der Waals surface area contributed by atoms with Crippen LogP contribution in [0, 0.1) is 5.92 Å². The number of ether oxygens (including phenoxy) is 1. The van der Waals surface area contributed by atoms with Crippen molar-refractivity contribution < 1.29 is 19.4 Å².